The summed E-state index contributed by atoms with van der Waals surface area (Å²) < 4.78 is 38.2. The highest BCUT2D eigenvalue weighted by Gasteiger charge is 2.40. The fourth-order valence-corrected chi connectivity index (χ4v) is 2.90. The van der Waals surface area contributed by atoms with E-state index >= 15 is 0 Å². The van der Waals surface area contributed by atoms with Gasteiger partial charge in [0.25, 0.3) is 5.91 Å². The molecule has 0 aliphatic carbocycles. The summed E-state index contributed by atoms with van der Waals surface area (Å²) in [5.41, 5.74) is 0.102. The summed E-state index contributed by atoms with van der Waals surface area (Å²) in [6.45, 7) is 5.30. The molecule has 2 amide bonds. The number of alkyl halides is 2. The zero-order chi connectivity index (χ0) is 19.1. The van der Waals surface area contributed by atoms with Crippen LogP contribution in [0.5, 0.6) is 0 Å². The highest BCUT2D eigenvalue weighted by molar-refractivity contribution is 5.95. The van der Waals surface area contributed by atoms with Gasteiger partial charge in [-0.15, -0.1) is 0 Å². The Morgan fingerprint density at radius 1 is 1.23 bits per heavy atom. The number of hydrogen-bond acceptors (Lipinski definition) is 5. The molecule has 3 heterocycles. The van der Waals surface area contributed by atoms with Gasteiger partial charge in [-0.2, -0.15) is 13.9 Å². The number of halogens is 2. The van der Waals surface area contributed by atoms with E-state index in [1.807, 2.05) is 0 Å². The molecule has 0 atom stereocenters. The van der Waals surface area contributed by atoms with Gasteiger partial charge in [0.05, 0.1) is 37.2 Å². The molecule has 0 unspecified atom stereocenters. The Balaban J connectivity index is 1.76. The molecule has 0 saturated carbocycles. The van der Waals surface area contributed by atoms with Gasteiger partial charge < -0.3 is 19.3 Å². The fraction of sp³-hybridized carbons (Fsp3) is 0.688. The molecule has 26 heavy (non-hydrogen) atoms. The van der Waals surface area contributed by atoms with Crippen LogP contribution in [0, 0.1) is 0 Å². The Hall–Kier alpha value is -2.23. The smallest absolute Gasteiger partial charge is 0.410 e. The third-order valence-electron chi connectivity index (χ3n) is 4.09. The highest BCUT2D eigenvalue weighted by Crippen LogP contribution is 2.25. The molecule has 10 heteroatoms. The quantitative estimate of drug-likeness (QED) is 0.750. The summed E-state index contributed by atoms with van der Waals surface area (Å²) >= 11 is 0. The molecular formula is C16H22F2N4O4. The second kappa shape index (κ2) is 6.49. The first-order valence-corrected chi connectivity index (χ1v) is 8.39. The molecule has 0 spiro atoms. The molecule has 0 N–H and O–H groups in total. The molecular weight excluding hydrogens is 350 g/mol. The molecule has 1 aromatic heterocycles. The van der Waals surface area contributed by atoms with E-state index in [2.05, 4.69) is 9.84 Å². The van der Waals surface area contributed by atoms with E-state index in [-0.39, 0.29) is 25.3 Å². The van der Waals surface area contributed by atoms with Crippen LogP contribution in [0.3, 0.4) is 0 Å². The van der Waals surface area contributed by atoms with E-state index < -0.39 is 30.3 Å². The van der Waals surface area contributed by atoms with Gasteiger partial charge in [-0.3, -0.25) is 9.48 Å². The van der Waals surface area contributed by atoms with Crippen molar-refractivity contribution in [3.63, 3.8) is 0 Å². The monoisotopic (exact) mass is 372 g/mol. The van der Waals surface area contributed by atoms with E-state index in [9.17, 15) is 18.4 Å². The number of fused-ring (bicyclic) bond motifs is 1. The third kappa shape index (κ3) is 3.95. The minimum atomic E-state index is -3.36. The first kappa shape index (κ1) is 18.6. The van der Waals surface area contributed by atoms with Gasteiger partial charge >= 0.3 is 12.2 Å². The van der Waals surface area contributed by atoms with Crippen LogP contribution in [0.4, 0.5) is 13.6 Å². The van der Waals surface area contributed by atoms with Crippen molar-refractivity contribution in [2.75, 3.05) is 26.2 Å². The second-order valence-electron chi connectivity index (χ2n) is 7.34. The Bertz CT molecular complexity index is 714. The molecule has 8 nitrogen and oxygen atoms in total. The van der Waals surface area contributed by atoms with Crippen molar-refractivity contribution >= 4 is 12.0 Å². The van der Waals surface area contributed by atoms with E-state index in [0.29, 0.717) is 18.8 Å². The summed E-state index contributed by atoms with van der Waals surface area (Å²) in [5, 5.41) is 4.15. The van der Waals surface area contributed by atoms with Crippen LogP contribution in [-0.4, -0.2) is 69.5 Å². The van der Waals surface area contributed by atoms with Gasteiger partial charge in [0.15, 0.2) is 0 Å². The summed E-state index contributed by atoms with van der Waals surface area (Å²) in [6.07, 6.45) is -2.48. The van der Waals surface area contributed by atoms with E-state index in [4.69, 9.17) is 4.74 Å². The predicted octanol–water partition coefficient (Wildman–Crippen LogP) is 1.70. The summed E-state index contributed by atoms with van der Waals surface area (Å²) in [5.74, 6) is -0.541. The maximum Gasteiger partial charge on any atom is 0.410 e. The van der Waals surface area contributed by atoms with Gasteiger partial charge in [-0.05, 0) is 20.8 Å². The number of aromatic nitrogens is 2. The van der Waals surface area contributed by atoms with E-state index in [1.165, 1.54) is 11.1 Å². The number of ether oxygens (including phenoxy) is 2. The van der Waals surface area contributed by atoms with Crippen LogP contribution in [0.25, 0.3) is 0 Å². The van der Waals surface area contributed by atoms with Crippen molar-refractivity contribution in [1.82, 2.24) is 19.6 Å². The molecule has 144 valence electrons. The number of nitrogens with zero attached hydrogens (tertiary/aromatic N) is 4. The molecule has 0 aromatic carbocycles. The number of amides is 2. The second-order valence-corrected chi connectivity index (χ2v) is 7.34. The molecule has 1 aromatic rings. The van der Waals surface area contributed by atoms with Gasteiger partial charge in [0.1, 0.15) is 12.1 Å². The lowest BCUT2D eigenvalue weighted by molar-refractivity contribution is -0.263. The number of rotatable bonds is 1. The van der Waals surface area contributed by atoms with Crippen molar-refractivity contribution in [1.29, 1.82) is 0 Å². The molecule has 3 rings (SSSR count). The summed E-state index contributed by atoms with van der Waals surface area (Å²) in [7, 11) is 0. The molecule has 2 aliphatic rings. The first-order valence-electron chi connectivity index (χ1n) is 8.39. The zero-order valence-electron chi connectivity index (χ0n) is 15.0. The maximum absolute atomic E-state index is 13.4. The topological polar surface area (TPSA) is 76.9 Å². The lowest BCUT2D eigenvalue weighted by Crippen LogP contribution is -2.49. The number of carbonyl (C=O) groups is 2. The lowest BCUT2D eigenvalue weighted by atomic mass is 10.1. The average molecular weight is 372 g/mol. The van der Waals surface area contributed by atoms with Gasteiger partial charge in [-0.1, -0.05) is 0 Å². The minimum Gasteiger partial charge on any atom is -0.444 e. The van der Waals surface area contributed by atoms with Crippen molar-refractivity contribution in [2.24, 2.45) is 0 Å². The van der Waals surface area contributed by atoms with Crippen molar-refractivity contribution in [3.8, 4) is 0 Å². The van der Waals surface area contributed by atoms with Crippen LogP contribution < -0.4 is 0 Å². The van der Waals surface area contributed by atoms with Crippen molar-refractivity contribution in [3.05, 3.63) is 17.5 Å². The molecule has 1 saturated heterocycles. The Morgan fingerprint density at radius 3 is 2.62 bits per heavy atom. The SMILES string of the molecule is CC(C)(C)OC(=O)N1CCn2ncc(C(=O)N3CCOC(F)(F)C3)c2C1. The Morgan fingerprint density at radius 2 is 1.96 bits per heavy atom. The van der Waals surface area contributed by atoms with Crippen LogP contribution in [-0.2, 0) is 22.6 Å². The standard InChI is InChI=1S/C16H22F2N4O4/c1-15(2,3)26-14(24)20-4-5-22-12(9-20)11(8-19-22)13(23)21-6-7-25-16(17,18)10-21/h8H,4-7,9-10H2,1-3H3. The molecule has 1 fully saturated rings. The largest absolute Gasteiger partial charge is 0.444 e. The number of hydrogen-bond donors (Lipinski definition) is 0. The van der Waals surface area contributed by atoms with Crippen LogP contribution in [0.1, 0.15) is 36.8 Å². The minimum absolute atomic E-state index is 0.0782. The van der Waals surface area contributed by atoms with Crippen molar-refractivity contribution < 1.29 is 27.8 Å². The van der Waals surface area contributed by atoms with Crippen LogP contribution in [0.15, 0.2) is 6.20 Å². The first-order chi connectivity index (χ1) is 12.1. The number of morpholine rings is 1. The van der Waals surface area contributed by atoms with Gasteiger partial charge in [0, 0.05) is 13.1 Å². The molecule has 2 aliphatic heterocycles. The van der Waals surface area contributed by atoms with Crippen LogP contribution >= 0.6 is 0 Å². The zero-order valence-corrected chi connectivity index (χ0v) is 15.0. The summed E-state index contributed by atoms with van der Waals surface area (Å²) in [6, 6.07) is 0. The fourth-order valence-electron chi connectivity index (χ4n) is 2.90. The van der Waals surface area contributed by atoms with Crippen LogP contribution in [0.2, 0.25) is 0 Å². The predicted molar refractivity (Wildman–Crippen MR) is 85.7 cm³/mol. The lowest BCUT2D eigenvalue weighted by Gasteiger charge is -2.33. The third-order valence-corrected chi connectivity index (χ3v) is 4.09. The Kier molecular flexibility index (Phi) is 4.63. The van der Waals surface area contributed by atoms with Gasteiger partial charge in [0.2, 0.25) is 0 Å². The summed E-state index contributed by atoms with van der Waals surface area (Å²) in [4.78, 5) is 27.5. The van der Waals surface area contributed by atoms with Crippen molar-refractivity contribution in [2.45, 2.75) is 45.6 Å². The Labute approximate surface area is 149 Å². The van der Waals surface area contributed by atoms with E-state index in [0.717, 1.165) is 4.90 Å². The highest BCUT2D eigenvalue weighted by atomic mass is 19.3. The molecule has 0 radical (unpaired) electrons. The number of carbonyl (C=O) groups excluding carboxylic acids is 2. The van der Waals surface area contributed by atoms with E-state index in [1.54, 1.807) is 25.5 Å². The maximum atomic E-state index is 13.4. The molecule has 0 bridgehead atoms. The van der Waals surface area contributed by atoms with Gasteiger partial charge in [-0.25, -0.2) is 4.79 Å². The normalized spacial score (nSPS) is 19.9. The average Bonchev–Trinajstić information content (AvgIpc) is 2.94.